The summed E-state index contributed by atoms with van der Waals surface area (Å²) in [6.45, 7) is 1.98. The maximum Gasteiger partial charge on any atom is 0.336 e. The van der Waals surface area contributed by atoms with Crippen LogP contribution in [0.2, 0.25) is 0 Å². The lowest BCUT2D eigenvalue weighted by Gasteiger charge is -2.17. The van der Waals surface area contributed by atoms with Gasteiger partial charge in [0.05, 0.1) is 43.0 Å². The Morgan fingerprint density at radius 1 is 0.643 bits per heavy atom. The highest BCUT2D eigenvalue weighted by atomic mass is 32.2. The first-order chi connectivity index (χ1) is 33.7. The van der Waals surface area contributed by atoms with Gasteiger partial charge in [0.25, 0.3) is 16.4 Å². The van der Waals surface area contributed by atoms with Crippen molar-refractivity contribution in [2.24, 2.45) is 0 Å². The summed E-state index contributed by atoms with van der Waals surface area (Å²) in [7, 11) is 4.54. The molecule has 4 amide bonds. The van der Waals surface area contributed by atoms with Crippen molar-refractivity contribution in [3.63, 3.8) is 0 Å². The Hall–Kier alpha value is -8.08. The second kappa shape index (κ2) is 23.3. The van der Waals surface area contributed by atoms with Gasteiger partial charge in [0.2, 0.25) is 5.91 Å². The van der Waals surface area contributed by atoms with Crippen LogP contribution in [0, 0.1) is 6.92 Å². The molecule has 3 N–H and O–H groups in total. The van der Waals surface area contributed by atoms with Crippen LogP contribution in [-0.4, -0.2) is 65.9 Å². The van der Waals surface area contributed by atoms with Gasteiger partial charge in [0, 0.05) is 6.07 Å². The maximum atomic E-state index is 12.6. The molecule has 14 nitrogen and oxygen atoms in total. The summed E-state index contributed by atoms with van der Waals surface area (Å²) in [5.74, 6) is 1.13. The van der Waals surface area contributed by atoms with Gasteiger partial charge >= 0.3 is 11.9 Å². The minimum absolute atomic E-state index is 0.190. The summed E-state index contributed by atoms with van der Waals surface area (Å²) in [5.41, 5.74) is 6.04. The number of imide groups is 2. The molecular weight excluding hydrogens is 933 g/mol. The van der Waals surface area contributed by atoms with E-state index < -0.39 is 23.0 Å². The summed E-state index contributed by atoms with van der Waals surface area (Å²) in [4.78, 5) is 70.8. The lowest BCUT2D eigenvalue weighted by atomic mass is 9.91. The van der Waals surface area contributed by atoms with Crippen LogP contribution in [0.25, 0.3) is 17.7 Å². The first-order valence-electron chi connectivity index (χ1n) is 21.6. The molecule has 2 heterocycles. The standard InChI is InChI=1S/C28H27NO7S.C26H19NO5S/c1-33-22-12-18(13-23(16-22)34-2)14-24(27(31)35-3)19-6-10-21(11-7-19)36-20-8-4-17(5-9-20)15-25-26(30)29-28(32)37-25;1-16-2-4-17(5-3-16)14-22(25(29)30)19-8-12-21(13-9-19)32-20-10-6-18(7-11-20)15-23-24(28)27-26(31)33-23/h4-13,16,24-25H,14-15H2,1-3H3,(H,29,30,32);2-15H,1H3,(H,29,30)(H,27,28,31). The third kappa shape index (κ3) is 13.5. The Kier molecular flexibility index (Phi) is 16.6. The van der Waals surface area contributed by atoms with E-state index in [1.807, 2.05) is 79.7 Å². The van der Waals surface area contributed by atoms with E-state index in [-0.39, 0.29) is 27.9 Å². The second-order valence-corrected chi connectivity index (χ2v) is 17.9. The van der Waals surface area contributed by atoms with Gasteiger partial charge in [-0.25, -0.2) is 4.79 Å². The largest absolute Gasteiger partial charge is 0.497 e. The third-order valence-corrected chi connectivity index (χ3v) is 12.6. The number of thioether (sulfide) groups is 2. The molecule has 0 saturated carbocycles. The molecule has 356 valence electrons. The number of carbonyl (C=O) groups is 6. The maximum absolute atomic E-state index is 12.6. The van der Waals surface area contributed by atoms with Crippen molar-refractivity contribution in [3.05, 3.63) is 183 Å². The highest BCUT2D eigenvalue weighted by Gasteiger charge is 2.31. The fourth-order valence-corrected chi connectivity index (χ4v) is 8.72. The first kappa shape index (κ1) is 49.8. The Morgan fingerprint density at radius 2 is 1.19 bits per heavy atom. The molecule has 0 spiro atoms. The van der Waals surface area contributed by atoms with Crippen LogP contribution in [0.1, 0.15) is 44.9 Å². The molecule has 16 heteroatoms. The number of benzene rings is 6. The van der Waals surface area contributed by atoms with Crippen molar-refractivity contribution in [2.45, 2.75) is 30.9 Å². The molecule has 8 rings (SSSR count). The molecule has 2 aliphatic rings. The van der Waals surface area contributed by atoms with Gasteiger partial charge in [-0.2, -0.15) is 0 Å². The van der Waals surface area contributed by atoms with Gasteiger partial charge in [-0.1, -0.05) is 90.1 Å². The zero-order valence-electron chi connectivity index (χ0n) is 38.3. The first-order valence-corrected chi connectivity index (χ1v) is 23.3. The summed E-state index contributed by atoms with van der Waals surface area (Å²) < 4.78 is 27.6. The van der Waals surface area contributed by atoms with E-state index in [1.54, 1.807) is 93.1 Å². The average Bonchev–Trinajstić information content (AvgIpc) is 3.86. The van der Waals surface area contributed by atoms with Crippen LogP contribution in [0.3, 0.4) is 0 Å². The Labute approximate surface area is 412 Å². The van der Waals surface area contributed by atoms with Crippen molar-refractivity contribution >= 4 is 75.5 Å². The van der Waals surface area contributed by atoms with Crippen LogP contribution in [0.15, 0.2) is 144 Å². The van der Waals surface area contributed by atoms with Gasteiger partial charge in [0.15, 0.2) is 0 Å². The van der Waals surface area contributed by atoms with E-state index in [0.29, 0.717) is 57.8 Å². The lowest BCUT2D eigenvalue weighted by molar-refractivity contribution is -0.142. The van der Waals surface area contributed by atoms with E-state index in [4.69, 9.17) is 23.7 Å². The number of aryl methyl sites for hydroxylation is 1. The van der Waals surface area contributed by atoms with Gasteiger partial charge in [0.1, 0.15) is 34.5 Å². The number of carboxylic acids is 1. The molecule has 2 saturated heterocycles. The highest BCUT2D eigenvalue weighted by Crippen LogP contribution is 2.32. The summed E-state index contributed by atoms with van der Waals surface area (Å²) >= 11 is 1.88. The van der Waals surface area contributed by atoms with Crippen LogP contribution in [0.4, 0.5) is 9.59 Å². The van der Waals surface area contributed by atoms with E-state index in [1.165, 1.54) is 7.11 Å². The topological polar surface area (TPSA) is 193 Å². The van der Waals surface area contributed by atoms with Crippen molar-refractivity contribution in [1.82, 2.24) is 10.6 Å². The number of methoxy groups -OCH3 is 3. The number of carbonyl (C=O) groups excluding carboxylic acids is 5. The van der Waals surface area contributed by atoms with Crippen molar-refractivity contribution < 1.29 is 57.6 Å². The number of nitrogens with one attached hydrogen (secondary N) is 2. The molecular formula is C54H46N2O12S2. The zero-order chi connectivity index (χ0) is 49.7. The van der Waals surface area contributed by atoms with E-state index in [0.717, 1.165) is 56.9 Å². The minimum Gasteiger partial charge on any atom is -0.497 e. The normalized spacial score (nSPS) is 15.3. The number of rotatable bonds is 16. The van der Waals surface area contributed by atoms with Crippen molar-refractivity contribution in [3.8, 4) is 34.5 Å². The Balaban J connectivity index is 0.000000208. The molecule has 2 atom stereocenters. The molecule has 6 aromatic rings. The molecule has 0 aliphatic carbocycles. The monoisotopic (exact) mass is 978 g/mol. The lowest BCUT2D eigenvalue weighted by Crippen LogP contribution is -2.25. The van der Waals surface area contributed by atoms with Crippen molar-refractivity contribution in [1.29, 1.82) is 0 Å². The summed E-state index contributed by atoms with van der Waals surface area (Å²) in [6, 6.07) is 41.7. The molecule has 0 bridgehead atoms. The SMILES string of the molecule is COC(=O)C(Cc1cc(OC)cc(OC)c1)c1ccc(Oc2ccc(CC3SC(=O)NC3=O)cc2)cc1.Cc1ccc(C=C(C(=O)O)c2ccc(Oc3ccc(C=C4SC(=O)NC4=O)cc3)cc2)cc1. The fraction of sp³-hybridized carbons (Fsp3) is 0.148. The summed E-state index contributed by atoms with van der Waals surface area (Å²) in [5, 5.41) is 13.1. The van der Waals surface area contributed by atoms with Crippen molar-refractivity contribution in [2.75, 3.05) is 21.3 Å². The molecule has 70 heavy (non-hydrogen) atoms. The van der Waals surface area contributed by atoms with Crippen LogP contribution in [-0.2, 0) is 36.8 Å². The number of hydrogen-bond acceptors (Lipinski definition) is 13. The number of carboxylic acid groups (broad SMARTS) is 1. The molecule has 0 aromatic heterocycles. The molecule has 2 aliphatic heterocycles. The number of hydrogen-bond donors (Lipinski definition) is 3. The van der Waals surface area contributed by atoms with E-state index >= 15 is 0 Å². The molecule has 0 radical (unpaired) electrons. The van der Waals surface area contributed by atoms with E-state index in [2.05, 4.69) is 10.6 Å². The van der Waals surface area contributed by atoms with Gasteiger partial charge in [-0.15, -0.1) is 0 Å². The van der Waals surface area contributed by atoms with Gasteiger partial charge < -0.3 is 28.8 Å². The summed E-state index contributed by atoms with van der Waals surface area (Å²) in [6.07, 6.45) is 4.15. The minimum atomic E-state index is -1.01. The quantitative estimate of drug-likeness (QED) is 0.0471. The highest BCUT2D eigenvalue weighted by molar-refractivity contribution is 8.18. The Bertz CT molecular complexity index is 2930. The number of esters is 1. The molecule has 2 fully saturated rings. The number of aliphatic carboxylic acids is 1. The average molecular weight is 979 g/mol. The van der Waals surface area contributed by atoms with Gasteiger partial charge in [-0.05, 0) is 138 Å². The van der Waals surface area contributed by atoms with Crippen LogP contribution < -0.4 is 29.6 Å². The number of amides is 4. The third-order valence-electron chi connectivity index (χ3n) is 10.8. The predicted molar refractivity (Wildman–Crippen MR) is 268 cm³/mol. The van der Waals surface area contributed by atoms with Gasteiger partial charge in [-0.3, -0.25) is 34.6 Å². The predicted octanol–water partition coefficient (Wildman–Crippen LogP) is 10.6. The smallest absolute Gasteiger partial charge is 0.336 e. The Morgan fingerprint density at radius 3 is 1.69 bits per heavy atom. The van der Waals surface area contributed by atoms with Crippen LogP contribution >= 0.6 is 23.5 Å². The number of ether oxygens (including phenoxy) is 5. The fourth-order valence-electron chi connectivity index (χ4n) is 7.18. The second-order valence-electron chi connectivity index (χ2n) is 15.7. The molecule has 6 aromatic carbocycles. The van der Waals surface area contributed by atoms with E-state index in [9.17, 15) is 33.9 Å². The van der Waals surface area contributed by atoms with Crippen LogP contribution in [0.5, 0.6) is 34.5 Å². The molecule has 2 unspecified atom stereocenters. The zero-order valence-corrected chi connectivity index (χ0v) is 39.9.